The van der Waals surface area contributed by atoms with Crippen LogP contribution in [0.15, 0.2) is 12.1 Å². The molecule has 0 radical (unpaired) electrons. The van der Waals surface area contributed by atoms with Crippen molar-refractivity contribution in [3.05, 3.63) is 23.3 Å². The van der Waals surface area contributed by atoms with Crippen molar-refractivity contribution in [2.24, 2.45) is 0 Å². The second-order valence-corrected chi connectivity index (χ2v) is 4.46. The molecule has 0 saturated carbocycles. The summed E-state index contributed by atoms with van der Waals surface area (Å²) in [6.07, 6.45) is 1.51. The van der Waals surface area contributed by atoms with Crippen molar-refractivity contribution in [3.63, 3.8) is 0 Å². The van der Waals surface area contributed by atoms with Gasteiger partial charge in [0.15, 0.2) is 0 Å². The number of aromatic hydroxyl groups is 1. The molecule has 0 aromatic heterocycles. The number of rotatable bonds is 2. The molecule has 1 aliphatic heterocycles. The van der Waals surface area contributed by atoms with Gasteiger partial charge < -0.3 is 9.84 Å². The molecule has 5 heteroatoms. The van der Waals surface area contributed by atoms with Crippen molar-refractivity contribution in [1.82, 2.24) is 0 Å². The molecule has 4 nitrogen and oxygen atoms in total. The van der Waals surface area contributed by atoms with Crippen LogP contribution in [0.5, 0.6) is 11.5 Å². The lowest BCUT2D eigenvalue weighted by molar-refractivity contribution is 0.286. The fraction of sp³-hybridized carbons (Fsp3) is 0.400. The Kier molecular flexibility index (Phi) is 2.78. The topological polar surface area (TPSA) is 63.6 Å². The first-order valence-electron chi connectivity index (χ1n) is 4.77. The van der Waals surface area contributed by atoms with E-state index < -0.39 is 7.68 Å². The zero-order valence-corrected chi connectivity index (χ0v) is 9.00. The maximum absolute atomic E-state index is 10.7. The molecule has 0 unspecified atom stereocenters. The average Bonchev–Trinajstić information content (AvgIpc) is 2.22. The van der Waals surface area contributed by atoms with E-state index in [0.29, 0.717) is 17.9 Å². The maximum Gasteiger partial charge on any atom is 0.320 e. The van der Waals surface area contributed by atoms with Crippen LogP contribution in [0.2, 0.25) is 0 Å². The third-order valence-corrected chi connectivity index (χ3v) is 3.05. The molecule has 0 spiro atoms. The van der Waals surface area contributed by atoms with Gasteiger partial charge in [-0.3, -0.25) is 0 Å². The van der Waals surface area contributed by atoms with Gasteiger partial charge in [0.25, 0.3) is 0 Å². The van der Waals surface area contributed by atoms with Gasteiger partial charge in [-0.15, -0.1) is 0 Å². The molecule has 1 N–H and O–H groups in total. The Bertz CT molecular complexity index is 443. The summed E-state index contributed by atoms with van der Waals surface area (Å²) in [5.74, 6) is 0.740. The van der Waals surface area contributed by atoms with E-state index >= 15 is 0 Å². The van der Waals surface area contributed by atoms with Crippen molar-refractivity contribution in [3.8, 4) is 11.5 Å². The molecule has 80 valence electrons. The number of phenols is 1. The minimum absolute atomic E-state index is 0.0402. The summed E-state index contributed by atoms with van der Waals surface area (Å²) < 4.78 is 26.8. The molecule has 1 aliphatic rings. The zero-order valence-electron chi connectivity index (χ0n) is 8.10. The van der Waals surface area contributed by atoms with Gasteiger partial charge in [0.05, 0.1) is 12.8 Å². The molecule has 1 heterocycles. The third-order valence-electron chi connectivity index (χ3n) is 2.48. The fourth-order valence-electron chi connectivity index (χ4n) is 1.81. The van der Waals surface area contributed by atoms with E-state index in [2.05, 4.69) is 0 Å². The molecule has 15 heavy (non-hydrogen) atoms. The van der Waals surface area contributed by atoms with Crippen molar-refractivity contribution in [2.75, 3.05) is 6.61 Å². The van der Waals surface area contributed by atoms with Gasteiger partial charge in [-0.1, -0.05) is 0 Å². The van der Waals surface area contributed by atoms with Crippen LogP contribution in [0.4, 0.5) is 0 Å². The summed E-state index contributed by atoms with van der Waals surface area (Å²) in [6, 6.07) is 3.17. The Balaban J connectivity index is 2.49. The molecule has 1 aromatic carbocycles. The Morgan fingerprint density at radius 3 is 2.93 bits per heavy atom. The Morgan fingerprint density at radius 1 is 1.40 bits per heavy atom. The lowest BCUT2D eigenvalue weighted by atomic mass is 10.00. The minimum Gasteiger partial charge on any atom is -0.508 e. The summed E-state index contributed by atoms with van der Waals surface area (Å²) in [5, 5.41) is 9.59. The van der Waals surface area contributed by atoms with Crippen LogP contribution >= 0.6 is 7.68 Å². The van der Waals surface area contributed by atoms with Crippen LogP contribution < -0.4 is 4.74 Å². The van der Waals surface area contributed by atoms with E-state index in [-0.39, 0.29) is 11.9 Å². The number of phenolic OH excluding ortho intramolecular Hbond substituents is 1. The van der Waals surface area contributed by atoms with Gasteiger partial charge in [-0.05, 0) is 25.0 Å². The molecular formula is C10H11O4P. The first-order valence-corrected chi connectivity index (χ1v) is 6.13. The van der Waals surface area contributed by atoms with Crippen molar-refractivity contribution in [2.45, 2.75) is 19.0 Å². The van der Waals surface area contributed by atoms with E-state index in [1.807, 2.05) is 0 Å². The lowest BCUT2D eigenvalue weighted by Gasteiger charge is -2.19. The number of hydrogen-bond acceptors (Lipinski definition) is 4. The molecular weight excluding hydrogens is 215 g/mol. The van der Waals surface area contributed by atoms with Crippen molar-refractivity contribution < 1.29 is 19.0 Å². The Morgan fingerprint density at radius 2 is 2.20 bits per heavy atom. The standard InChI is InChI=1S/C10H11O4P/c11-9-3-4-10-7(2-1-5-14-10)8(9)6-15(12)13/h3-4,11H,1-2,5-6H2. The van der Waals surface area contributed by atoms with Crippen molar-refractivity contribution >= 4 is 7.68 Å². The van der Waals surface area contributed by atoms with Gasteiger partial charge in [0.1, 0.15) is 11.5 Å². The predicted octanol–water partition coefficient (Wildman–Crippen LogP) is 2.39. The van der Waals surface area contributed by atoms with Crippen molar-refractivity contribution in [1.29, 1.82) is 0 Å². The van der Waals surface area contributed by atoms with Gasteiger partial charge in [0, 0.05) is 11.1 Å². The summed E-state index contributed by atoms with van der Waals surface area (Å²) >= 11 is 0. The smallest absolute Gasteiger partial charge is 0.320 e. The van der Waals surface area contributed by atoms with Crippen LogP contribution in [-0.2, 0) is 21.7 Å². The largest absolute Gasteiger partial charge is 0.508 e. The molecule has 0 fully saturated rings. The number of fused-ring (bicyclic) bond motifs is 1. The highest BCUT2D eigenvalue weighted by atomic mass is 31.1. The Hall–Kier alpha value is -1.28. The third kappa shape index (κ3) is 2.05. The highest BCUT2D eigenvalue weighted by Crippen LogP contribution is 2.36. The average molecular weight is 226 g/mol. The first kappa shape index (κ1) is 10.2. The summed E-state index contributed by atoms with van der Waals surface area (Å²) in [4.78, 5) is 0. The van der Waals surface area contributed by atoms with Crippen LogP contribution in [0.25, 0.3) is 0 Å². The second kappa shape index (κ2) is 4.07. The van der Waals surface area contributed by atoms with Crippen LogP contribution in [0.1, 0.15) is 17.5 Å². The van der Waals surface area contributed by atoms with Gasteiger partial charge in [-0.25, -0.2) is 9.13 Å². The lowest BCUT2D eigenvalue weighted by Crippen LogP contribution is -2.10. The second-order valence-electron chi connectivity index (χ2n) is 3.48. The molecule has 1 aromatic rings. The molecule has 0 bridgehead atoms. The molecule has 2 rings (SSSR count). The number of benzene rings is 1. The zero-order chi connectivity index (χ0) is 10.8. The molecule has 0 saturated heterocycles. The Labute approximate surface area is 87.7 Å². The SMILES string of the molecule is O=P(=O)Cc1c(O)ccc2c1CCCO2. The summed E-state index contributed by atoms with van der Waals surface area (Å²) in [6.45, 7) is 0.653. The fourth-order valence-corrected chi connectivity index (χ4v) is 2.42. The maximum atomic E-state index is 10.7. The highest BCUT2D eigenvalue weighted by Gasteiger charge is 2.18. The quantitative estimate of drug-likeness (QED) is 0.786. The first-order chi connectivity index (χ1) is 7.18. The van der Waals surface area contributed by atoms with Gasteiger partial charge >= 0.3 is 7.68 Å². The van der Waals surface area contributed by atoms with E-state index in [1.54, 1.807) is 6.07 Å². The molecule has 0 aliphatic carbocycles. The van der Waals surface area contributed by atoms with Crippen LogP contribution in [0, 0.1) is 0 Å². The molecule has 0 atom stereocenters. The van der Waals surface area contributed by atoms with Crippen LogP contribution in [-0.4, -0.2) is 11.7 Å². The number of ether oxygens (including phenoxy) is 1. The predicted molar refractivity (Wildman–Crippen MR) is 53.9 cm³/mol. The normalized spacial score (nSPS) is 14.1. The van der Waals surface area contributed by atoms with Crippen LogP contribution in [0.3, 0.4) is 0 Å². The number of hydrogen-bond donors (Lipinski definition) is 1. The molecule has 0 amide bonds. The minimum atomic E-state index is -2.52. The summed E-state index contributed by atoms with van der Waals surface area (Å²) in [7, 11) is -2.52. The summed E-state index contributed by atoms with van der Waals surface area (Å²) in [5.41, 5.74) is 1.32. The highest BCUT2D eigenvalue weighted by molar-refractivity contribution is 7.29. The van der Waals surface area contributed by atoms with Gasteiger partial charge in [0.2, 0.25) is 0 Å². The van der Waals surface area contributed by atoms with E-state index in [0.717, 1.165) is 18.4 Å². The monoisotopic (exact) mass is 226 g/mol. The van der Waals surface area contributed by atoms with Gasteiger partial charge in [-0.2, -0.15) is 0 Å². The van der Waals surface area contributed by atoms with E-state index in [4.69, 9.17) is 4.74 Å². The van der Waals surface area contributed by atoms with E-state index in [9.17, 15) is 14.2 Å². The van der Waals surface area contributed by atoms with E-state index in [1.165, 1.54) is 6.07 Å².